The Bertz CT molecular complexity index is 707. The van der Waals surface area contributed by atoms with Gasteiger partial charge in [-0.15, -0.1) is 0 Å². The van der Waals surface area contributed by atoms with Gasteiger partial charge in [0.2, 0.25) is 0 Å². The van der Waals surface area contributed by atoms with Crippen molar-refractivity contribution < 1.29 is 14.3 Å². The lowest BCUT2D eigenvalue weighted by Gasteiger charge is -2.42. The van der Waals surface area contributed by atoms with Crippen molar-refractivity contribution in [2.75, 3.05) is 19.6 Å². The fraction of sp³-hybridized carbons (Fsp3) is 0.579. The van der Waals surface area contributed by atoms with Crippen LogP contribution >= 0.6 is 15.9 Å². The Morgan fingerprint density at radius 2 is 1.88 bits per heavy atom. The first-order chi connectivity index (χ1) is 11.6. The molecule has 136 valence electrons. The Labute approximate surface area is 157 Å². The van der Waals surface area contributed by atoms with E-state index in [1.54, 1.807) is 4.90 Å². The lowest BCUT2D eigenvalue weighted by Crippen LogP contribution is -2.58. The van der Waals surface area contributed by atoms with Crippen LogP contribution in [0.2, 0.25) is 0 Å². The normalized spacial score (nSPS) is 19.1. The number of piperazine rings is 1. The van der Waals surface area contributed by atoms with Crippen molar-refractivity contribution in [3.8, 4) is 0 Å². The lowest BCUT2D eigenvalue weighted by molar-refractivity contribution is 0.000612. The molecule has 25 heavy (non-hydrogen) atoms. The topological polar surface area (TPSA) is 49.9 Å². The highest BCUT2D eigenvalue weighted by atomic mass is 79.9. The van der Waals surface area contributed by atoms with Crippen LogP contribution in [-0.4, -0.2) is 52.6 Å². The van der Waals surface area contributed by atoms with Gasteiger partial charge in [0.1, 0.15) is 5.60 Å². The number of amides is 2. The lowest BCUT2D eigenvalue weighted by atomic mass is 10.0. The van der Waals surface area contributed by atoms with Gasteiger partial charge in [-0.2, -0.15) is 0 Å². The van der Waals surface area contributed by atoms with Gasteiger partial charge in [0.05, 0.1) is 5.54 Å². The van der Waals surface area contributed by atoms with Gasteiger partial charge in [0.15, 0.2) is 0 Å². The van der Waals surface area contributed by atoms with Crippen molar-refractivity contribution in [1.82, 2.24) is 9.80 Å². The fourth-order valence-electron chi connectivity index (χ4n) is 3.32. The average Bonchev–Trinajstić information content (AvgIpc) is 3.27. The summed E-state index contributed by atoms with van der Waals surface area (Å²) in [4.78, 5) is 29.2. The van der Waals surface area contributed by atoms with Crippen LogP contribution in [0.5, 0.6) is 0 Å². The van der Waals surface area contributed by atoms with E-state index in [9.17, 15) is 9.59 Å². The number of aryl methyl sites for hydroxylation is 1. The van der Waals surface area contributed by atoms with Crippen molar-refractivity contribution in [2.45, 2.75) is 51.7 Å². The predicted molar refractivity (Wildman–Crippen MR) is 99.7 cm³/mol. The summed E-state index contributed by atoms with van der Waals surface area (Å²) in [7, 11) is 0. The van der Waals surface area contributed by atoms with Crippen LogP contribution in [0.1, 0.15) is 49.5 Å². The highest BCUT2D eigenvalue weighted by Crippen LogP contribution is 2.45. The van der Waals surface area contributed by atoms with Crippen molar-refractivity contribution >= 4 is 27.9 Å². The average molecular weight is 409 g/mol. The zero-order valence-electron chi connectivity index (χ0n) is 15.3. The largest absolute Gasteiger partial charge is 0.444 e. The molecule has 0 atom stereocenters. The third-order valence-corrected chi connectivity index (χ3v) is 5.30. The van der Waals surface area contributed by atoms with E-state index in [0.717, 1.165) is 28.4 Å². The number of benzene rings is 1. The van der Waals surface area contributed by atoms with Crippen LogP contribution in [0.4, 0.5) is 4.79 Å². The molecule has 0 aromatic heterocycles. The Morgan fingerprint density at radius 3 is 2.48 bits per heavy atom. The first-order valence-corrected chi connectivity index (χ1v) is 9.47. The van der Waals surface area contributed by atoms with E-state index in [2.05, 4.69) is 15.9 Å². The van der Waals surface area contributed by atoms with Gasteiger partial charge in [-0.3, -0.25) is 4.79 Å². The number of carbonyl (C=O) groups excluding carboxylic acids is 2. The number of rotatable bonds is 1. The van der Waals surface area contributed by atoms with Crippen molar-refractivity contribution in [1.29, 1.82) is 0 Å². The van der Waals surface area contributed by atoms with Gasteiger partial charge >= 0.3 is 6.09 Å². The molecule has 3 rings (SSSR count). The highest BCUT2D eigenvalue weighted by Gasteiger charge is 2.54. The van der Waals surface area contributed by atoms with Crippen LogP contribution in [0.15, 0.2) is 22.7 Å². The second kappa shape index (κ2) is 6.31. The monoisotopic (exact) mass is 408 g/mol. The summed E-state index contributed by atoms with van der Waals surface area (Å²) in [5, 5.41) is 0. The Morgan fingerprint density at radius 1 is 1.20 bits per heavy atom. The summed E-state index contributed by atoms with van der Waals surface area (Å²) < 4.78 is 6.39. The van der Waals surface area contributed by atoms with Gasteiger partial charge in [-0.1, -0.05) is 22.0 Å². The van der Waals surface area contributed by atoms with E-state index in [1.807, 2.05) is 50.8 Å². The molecule has 2 amide bonds. The molecule has 1 aromatic rings. The highest BCUT2D eigenvalue weighted by molar-refractivity contribution is 9.10. The number of ether oxygens (including phenoxy) is 1. The first-order valence-electron chi connectivity index (χ1n) is 8.67. The van der Waals surface area contributed by atoms with E-state index in [0.29, 0.717) is 19.6 Å². The molecule has 0 N–H and O–H groups in total. The predicted octanol–water partition coefficient (Wildman–Crippen LogP) is 3.98. The summed E-state index contributed by atoms with van der Waals surface area (Å²) in [6, 6.07) is 5.78. The Hall–Kier alpha value is -1.56. The van der Waals surface area contributed by atoms with Gasteiger partial charge in [0.25, 0.3) is 5.91 Å². The second-order valence-corrected chi connectivity index (χ2v) is 8.96. The van der Waals surface area contributed by atoms with Gasteiger partial charge in [-0.25, -0.2) is 4.79 Å². The van der Waals surface area contributed by atoms with Crippen LogP contribution in [0.3, 0.4) is 0 Å². The van der Waals surface area contributed by atoms with Crippen molar-refractivity contribution in [3.63, 3.8) is 0 Å². The van der Waals surface area contributed by atoms with Gasteiger partial charge < -0.3 is 14.5 Å². The van der Waals surface area contributed by atoms with Crippen LogP contribution in [0.25, 0.3) is 0 Å². The summed E-state index contributed by atoms with van der Waals surface area (Å²) in [6.45, 7) is 9.17. The summed E-state index contributed by atoms with van der Waals surface area (Å²) >= 11 is 3.45. The molecule has 5 nitrogen and oxygen atoms in total. The molecule has 0 radical (unpaired) electrons. The molecule has 0 unspecified atom stereocenters. The Balaban J connectivity index is 1.75. The third kappa shape index (κ3) is 3.84. The molecule has 2 fully saturated rings. The molecule has 0 bridgehead atoms. The quantitative estimate of drug-likeness (QED) is 0.705. The van der Waals surface area contributed by atoms with Crippen molar-refractivity contribution in [3.05, 3.63) is 33.8 Å². The van der Waals surface area contributed by atoms with Crippen LogP contribution in [-0.2, 0) is 4.74 Å². The molecule has 6 heteroatoms. The van der Waals surface area contributed by atoms with Gasteiger partial charge in [0, 0.05) is 29.7 Å². The molecule has 1 aromatic carbocycles. The van der Waals surface area contributed by atoms with Crippen LogP contribution in [0, 0.1) is 6.92 Å². The van der Waals surface area contributed by atoms with E-state index >= 15 is 0 Å². The van der Waals surface area contributed by atoms with E-state index in [4.69, 9.17) is 4.74 Å². The van der Waals surface area contributed by atoms with Crippen LogP contribution < -0.4 is 0 Å². The summed E-state index contributed by atoms with van der Waals surface area (Å²) in [5.41, 5.74) is 0.972. The standard InChI is InChI=1S/C19H25BrN2O3/c1-13-5-6-14(20)11-15(13)16(23)22-10-9-21(12-19(22)7-8-19)17(24)25-18(2,3)4/h5-6,11H,7-10,12H2,1-4H3. The molecule has 2 aliphatic rings. The van der Waals surface area contributed by atoms with E-state index in [1.165, 1.54) is 0 Å². The number of carbonyl (C=O) groups is 2. The fourth-order valence-corrected chi connectivity index (χ4v) is 3.68. The zero-order valence-corrected chi connectivity index (χ0v) is 16.9. The first kappa shape index (κ1) is 18.2. The minimum Gasteiger partial charge on any atom is -0.444 e. The summed E-state index contributed by atoms with van der Waals surface area (Å²) in [6.07, 6.45) is 1.58. The Kier molecular flexibility index (Phi) is 4.60. The maximum atomic E-state index is 13.1. The molecule has 1 spiro atoms. The maximum Gasteiger partial charge on any atom is 0.410 e. The smallest absolute Gasteiger partial charge is 0.410 e. The van der Waals surface area contributed by atoms with Crippen molar-refractivity contribution in [2.24, 2.45) is 0 Å². The van der Waals surface area contributed by atoms with E-state index in [-0.39, 0.29) is 17.5 Å². The number of hydrogen-bond acceptors (Lipinski definition) is 3. The molecule has 1 aliphatic carbocycles. The van der Waals surface area contributed by atoms with E-state index < -0.39 is 5.60 Å². The molecule has 1 saturated carbocycles. The molecule has 1 saturated heterocycles. The molecule has 1 heterocycles. The molecular formula is C19H25BrN2O3. The maximum absolute atomic E-state index is 13.1. The second-order valence-electron chi connectivity index (χ2n) is 8.04. The minimum atomic E-state index is -0.506. The number of nitrogens with zero attached hydrogens (tertiary/aromatic N) is 2. The van der Waals surface area contributed by atoms with Gasteiger partial charge in [-0.05, 0) is 58.2 Å². The number of halogens is 1. The zero-order chi connectivity index (χ0) is 18.4. The summed E-state index contributed by atoms with van der Waals surface area (Å²) in [5.74, 6) is 0.0557. The minimum absolute atomic E-state index is 0.0557. The SMILES string of the molecule is Cc1ccc(Br)cc1C(=O)N1CCN(C(=O)OC(C)(C)C)CC12CC2. The third-order valence-electron chi connectivity index (χ3n) is 4.81. The number of hydrogen-bond donors (Lipinski definition) is 0. The molecular weight excluding hydrogens is 384 g/mol. The molecule has 1 aliphatic heterocycles.